The molecule has 0 spiro atoms. The van der Waals surface area contributed by atoms with Gasteiger partial charge in [-0.25, -0.2) is 13.6 Å². The summed E-state index contributed by atoms with van der Waals surface area (Å²) in [6.07, 6.45) is 0. The lowest BCUT2D eigenvalue weighted by molar-refractivity contribution is 0.0784. The Balaban J connectivity index is 2.34. The van der Waals surface area contributed by atoms with Crippen molar-refractivity contribution >= 4 is 27.5 Å². The molecule has 20 heavy (non-hydrogen) atoms. The van der Waals surface area contributed by atoms with E-state index in [-0.39, 0.29) is 21.4 Å². The van der Waals surface area contributed by atoms with E-state index >= 15 is 0 Å². The number of carbonyl (C=O) groups is 1. The van der Waals surface area contributed by atoms with Crippen molar-refractivity contribution in [2.24, 2.45) is 17.0 Å². The van der Waals surface area contributed by atoms with Crippen molar-refractivity contribution in [3.63, 3.8) is 0 Å². The number of halogens is 1. The van der Waals surface area contributed by atoms with E-state index in [1.165, 1.54) is 18.2 Å². The van der Waals surface area contributed by atoms with Gasteiger partial charge in [0, 0.05) is 23.7 Å². The molecule has 1 saturated heterocycles. The average molecular weight is 317 g/mol. The summed E-state index contributed by atoms with van der Waals surface area (Å²) in [4.78, 5) is 14.0. The minimum absolute atomic E-state index is 0.145. The minimum atomic E-state index is -3.88. The molecule has 2 rings (SSSR count). The van der Waals surface area contributed by atoms with Gasteiger partial charge in [-0.2, -0.15) is 0 Å². The second-order valence-electron chi connectivity index (χ2n) is 5.39. The third-order valence-corrected chi connectivity index (χ3v) is 4.83. The molecule has 5 nitrogen and oxygen atoms in total. The fourth-order valence-electron chi connectivity index (χ4n) is 2.33. The van der Waals surface area contributed by atoms with E-state index < -0.39 is 10.0 Å². The number of nitrogens with two attached hydrogens (primary N) is 1. The van der Waals surface area contributed by atoms with Crippen LogP contribution in [0.5, 0.6) is 0 Å². The number of likely N-dealkylation sites (tertiary alicyclic amines) is 1. The maximum Gasteiger partial charge on any atom is 0.253 e. The molecule has 1 aromatic rings. The zero-order valence-electron chi connectivity index (χ0n) is 11.3. The number of sulfonamides is 1. The highest BCUT2D eigenvalue weighted by Gasteiger charge is 2.30. The highest BCUT2D eigenvalue weighted by Crippen LogP contribution is 2.25. The Kier molecular flexibility index (Phi) is 4.09. The first kappa shape index (κ1) is 15.3. The van der Waals surface area contributed by atoms with E-state index in [1.54, 1.807) is 4.90 Å². The Morgan fingerprint density at radius 2 is 1.80 bits per heavy atom. The zero-order valence-corrected chi connectivity index (χ0v) is 12.9. The molecule has 0 saturated carbocycles. The molecule has 7 heteroatoms. The number of carbonyl (C=O) groups excluding carboxylic acids is 1. The summed E-state index contributed by atoms with van der Waals surface area (Å²) in [7, 11) is -3.88. The first-order chi connectivity index (χ1) is 9.18. The van der Waals surface area contributed by atoms with Crippen molar-refractivity contribution in [2.45, 2.75) is 18.7 Å². The van der Waals surface area contributed by atoms with Crippen LogP contribution in [0.1, 0.15) is 24.2 Å². The molecule has 0 aromatic heterocycles. The fourth-order valence-corrected chi connectivity index (χ4v) is 3.21. The van der Waals surface area contributed by atoms with Gasteiger partial charge >= 0.3 is 0 Å². The summed E-state index contributed by atoms with van der Waals surface area (Å²) in [5.74, 6) is 0.639. The van der Waals surface area contributed by atoms with Crippen LogP contribution >= 0.6 is 11.6 Å². The second-order valence-corrected chi connectivity index (χ2v) is 7.38. The topological polar surface area (TPSA) is 80.5 Å². The van der Waals surface area contributed by atoms with Crippen molar-refractivity contribution in [3.8, 4) is 0 Å². The quantitative estimate of drug-likeness (QED) is 0.902. The number of hydrogen-bond acceptors (Lipinski definition) is 3. The molecule has 1 aliphatic rings. The van der Waals surface area contributed by atoms with Gasteiger partial charge in [0.2, 0.25) is 10.0 Å². The molecular formula is C13H17ClN2O3S. The molecule has 1 amide bonds. The highest BCUT2D eigenvalue weighted by molar-refractivity contribution is 7.89. The molecule has 0 bridgehead atoms. The van der Waals surface area contributed by atoms with Crippen molar-refractivity contribution in [1.29, 1.82) is 0 Å². The van der Waals surface area contributed by atoms with Crippen LogP contribution in [0.3, 0.4) is 0 Å². The summed E-state index contributed by atoms with van der Waals surface area (Å²) in [5.41, 5.74) is 0.253. The third-order valence-electron chi connectivity index (χ3n) is 3.72. The van der Waals surface area contributed by atoms with Gasteiger partial charge in [0.1, 0.15) is 0 Å². The van der Waals surface area contributed by atoms with E-state index in [2.05, 4.69) is 13.8 Å². The molecule has 0 aliphatic carbocycles. The van der Waals surface area contributed by atoms with Gasteiger partial charge < -0.3 is 4.90 Å². The molecule has 110 valence electrons. The van der Waals surface area contributed by atoms with E-state index in [9.17, 15) is 13.2 Å². The predicted octanol–water partition coefficient (Wildman–Crippen LogP) is 1.72. The van der Waals surface area contributed by atoms with Gasteiger partial charge in [-0.05, 0) is 30.0 Å². The number of nitrogens with zero attached hydrogens (tertiary/aromatic N) is 1. The lowest BCUT2D eigenvalue weighted by atomic mass is 10.0. The van der Waals surface area contributed by atoms with E-state index in [1.807, 2.05) is 0 Å². The molecule has 0 radical (unpaired) electrons. The van der Waals surface area contributed by atoms with Gasteiger partial charge in [-0.15, -0.1) is 0 Å². The Hall–Kier alpha value is -1.11. The van der Waals surface area contributed by atoms with Gasteiger partial charge in [-0.3, -0.25) is 4.79 Å². The zero-order chi connectivity index (χ0) is 15.1. The molecule has 2 unspecified atom stereocenters. The van der Waals surface area contributed by atoms with Crippen molar-refractivity contribution in [1.82, 2.24) is 4.90 Å². The van der Waals surface area contributed by atoms with Crippen LogP contribution < -0.4 is 5.14 Å². The van der Waals surface area contributed by atoms with Crippen LogP contribution in [0.4, 0.5) is 0 Å². The van der Waals surface area contributed by atoms with Crippen LogP contribution in [-0.2, 0) is 10.0 Å². The minimum Gasteiger partial charge on any atom is -0.338 e. The molecule has 1 aromatic carbocycles. The second kappa shape index (κ2) is 5.35. The van der Waals surface area contributed by atoms with E-state index in [0.717, 1.165) is 0 Å². The molecule has 1 fully saturated rings. The molecule has 2 N–H and O–H groups in total. The standard InChI is InChI=1S/C13H17ClN2O3S/c1-8-6-16(7-9(8)2)13(17)10-3-11(14)5-12(4-10)20(15,18)19/h3-5,8-9H,6-7H2,1-2H3,(H2,15,18,19). The SMILES string of the molecule is CC1CN(C(=O)c2cc(Cl)cc(S(N)(=O)=O)c2)CC1C. The molecular weight excluding hydrogens is 300 g/mol. The smallest absolute Gasteiger partial charge is 0.253 e. The maximum atomic E-state index is 12.4. The maximum absolute atomic E-state index is 12.4. The van der Waals surface area contributed by atoms with Gasteiger partial charge in [-0.1, -0.05) is 25.4 Å². The lowest BCUT2D eigenvalue weighted by Gasteiger charge is -2.16. The molecule has 2 atom stereocenters. The lowest BCUT2D eigenvalue weighted by Crippen LogP contribution is -2.29. The van der Waals surface area contributed by atoms with Crippen LogP contribution in [0, 0.1) is 11.8 Å². The van der Waals surface area contributed by atoms with Gasteiger partial charge in [0.15, 0.2) is 0 Å². The Morgan fingerprint density at radius 3 is 2.30 bits per heavy atom. The molecule has 1 heterocycles. The largest absolute Gasteiger partial charge is 0.338 e. The monoisotopic (exact) mass is 316 g/mol. The fraction of sp³-hybridized carbons (Fsp3) is 0.462. The number of benzene rings is 1. The first-order valence-electron chi connectivity index (χ1n) is 6.31. The normalized spacial score (nSPS) is 23.1. The van der Waals surface area contributed by atoms with Crippen molar-refractivity contribution < 1.29 is 13.2 Å². The summed E-state index contributed by atoms with van der Waals surface area (Å²) < 4.78 is 22.8. The molecule has 1 aliphatic heterocycles. The Morgan fingerprint density at radius 1 is 1.25 bits per heavy atom. The number of rotatable bonds is 2. The average Bonchev–Trinajstić information content (AvgIpc) is 2.67. The predicted molar refractivity (Wildman–Crippen MR) is 77.1 cm³/mol. The Bertz CT molecular complexity index is 635. The van der Waals surface area contributed by atoms with E-state index in [4.69, 9.17) is 16.7 Å². The summed E-state index contributed by atoms with van der Waals surface area (Å²) in [6.45, 7) is 5.51. The van der Waals surface area contributed by atoms with Crippen LogP contribution in [0.2, 0.25) is 5.02 Å². The highest BCUT2D eigenvalue weighted by atomic mass is 35.5. The van der Waals surface area contributed by atoms with Crippen LogP contribution in [0.25, 0.3) is 0 Å². The summed E-state index contributed by atoms with van der Waals surface area (Å²) in [6, 6.07) is 3.98. The number of hydrogen-bond donors (Lipinski definition) is 1. The third kappa shape index (κ3) is 3.13. The van der Waals surface area contributed by atoms with E-state index in [0.29, 0.717) is 24.9 Å². The van der Waals surface area contributed by atoms with Crippen LogP contribution in [0.15, 0.2) is 23.1 Å². The van der Waals surface area contributed by atoms with Gasteiger partial charge in [0.05, 0.1) is 4.90 Å². The van der Waals surface area contributed by atoms with Crippen molar-refractivity contribution in [2.75, 3.05) is 13.1 Å². The van der Waals surface area contributed by atoms with Crippen molar-refractivity contribution in [3.05, 3.63) is 28.8 Å². The first-order valence-corrected chi connectivity index (χ1v) is 8.23. The van der Waals surface area contributed by atoms with Crippen LogP contribution in [-0.4, -0.2) is 32.3 Å². The Labute approximate surface area is 123 Å². The number of primary sulfonamides is 1. The summed E-state index contributed by atoms with van der Waals surface area (Å²) in [5, 5.41) is 5.26. The summed E-state index contributed by atoms with van der Waals surface area (Å²) >= 11 is 5.87. The van der Waals surface area contributed by atoms with Gasteiger partial charge in [0.25, 0.3) is 5.91 Å². The number of amides is 1.